The molecule has 2 aromatic heterocycles. The largest absolute Gasteiger partial charge is 0.353 e. The molecule has 0 spiro atoms. The number of nitrogens with zero attached hydrogens (tertiary/aromatic N) is 5. The van der Waals surface area contributed by atoms with Crippen LogP contribution in [0.3, 0.4) is 0 Å². The average Bonchev–Trinajstić information content (AvgIpc) is 3.19. The number of nitrogens with one attached hydrogen (secondary N) is 1. The van der Waals surface area contributed by atoms with Crippen LogP contribution in [0, 0.1) is 0 Å². The van der Waals surface area contributed by atoms with Gasteiger partial charge in [-0.1, -0.05) is 12.1 Å². The van der Waals surface area contributed by atoms with Gasteiger partial charge in [0.2, 0.25) is 5.13 Å². The molecule has 1 aliphatic rings. The van der Waals surface area contributed by atoms with Gasteiger partial charge in [0, 0.05) is 44.8 Å². The normalized spacial score (nSPS) is 16.6. The Balaban J connectivity index is 1.44. The van der Waals surface area contributed by atoms with Crippen LogP contribution in [0.4, 0.5) is 5.13 Å². The zero-order valence-electron chi connectivity index (χ0n) is 14.5. The zero-order valence-corrected chi connectivity index (χ0v) is 15.3. The number of imidazole rings is 1. The molecular formula is C17H22N6OS. The summed E-state index contributed by atoms with van der Waals surface area (Å²) in [7, 11) is 3.96. The second-order valence-corrected chi connectivity index (χ2v) is 7.44. The third-order valence-electron chi connectivity index (χ3n) is 4.75. The van der Waals surface area contributed by atoms with E-state index in [1.807, 2.05) is 47.8 Å². The Labute approximate surface area is 150 Å². The number of rotatable bonds is 4. The summed E-state index contributed by atoms with van der Waals surface area (Å²) in [6.45, 7) is 2.68. The molecule has 0 saturated carbocycles. The maximum Gasteiger partial charge on any atom is 0.326 e. The quantitative estimate of drug-likeness (QED) is 0.773. The number of anilines is 1. The summed E-state index contributed by atoms with van der Waals surface area (Å²) >= 11 is 1.44. The Bertz CT molecular complexity index is 919. The summed E-state index contributed by atoms with van der Waals surface area (Å²) in [5, 5.41) is 0.940. The van der Waals surface area contributed by atoms with Gasteiger partial charge >= 0.3 is 5.69 Å². The van der Waals surface area contributed by atoms with Gasteiger partial charge in [0.15, 0.2) is 5.82 Å². The standard InChI is InChI=1S/C17H22N6OS/c1-21(2)17-19-15(20-25-17)11-22-9-7-12(8-10-22)23-14-6-4-3-5-13(14)18-16(23)24/h3-6,12H,7-11H2,1-2H3,(H,18,24). The summed E-state index contributed by atoms with van der Waals surface area (Å²) in [4.78, 5) is 24.2. The van der Waals surface area contributed by atoms with Crippen molar-refractivity contribution in [2.45, 2.75) is 25.4 Å². The number of fused-ring (bicyclic) bond motifs is 1. The fourth-order valence-corrected chi connectivity index (χ4v) is 4.06. The minimum atomic E-state index is -0.00329. The maximum absolute atomic E-state index is 12.3. The molecule has 0 amide bonds. The third kappa shape index (κ3) is 3.19. The molecule has 1 saturated heterocycles. The highest BCUT2D eigenvalue weighted by Gasteiger charge is 2.24. The molecule has 0 aliphatic carbocycles. The minimum Gasteiger partial charge on any atom is -0.353 e. The van der Waals surface area contributed by atoms with Crippen LogP contribution in [0.25, 0.3) is 11.0 Å². The van der Waals surface area contributed by atoms with Crippen LogP contribution >= 0.6 is 11.5 Å². The molecular weight excluding hydrogens is 336 g/mol. The number of H-pyrrole nitrogens is 1. The molecule has 1 aromatic carbocycles. The highest BCUT2D eigenvalue weighted by Crippen LogP contribution is 2.25. The number of hydrogen-bond acceptors (Lipinski definition) is 6. The first-order valence-electron chi connectivity index (χ1n) is 8.53. The Kier molecular flexibility index (Phi) is 4.30. The molecule has 4 rings (SSSR count). The molecule has 3 aromatic rings. The molecule has 25 heavy (non-hydrogen) atoms. The summed E-state index contributed by atoms with van der Waals surface area (Å²) in [5.74, 6) is 0.886. The summed E-state index contributed by atoms with van der Waals surface area (Å²) in [5.41, 5.74) is 1.91. The first kappa shape index (κ1) is 16.3. The van der Waals surface area contributed by atoms with E-state index in [9.17, 15) is 4.79 Å². The van der Waals surface area contributed by atoms with Gasteiger partial charge in [0.1, 0.15) is 0 Å². The van der Waals surface area contributed by atoms with E-state index < -0.39 is 0 Å². The van der Waals surface area contributed by atoms with Crippen LogP contribution < -0.4 is 10.6 Å². The van der Waals surface area contributed by atoms with E-state index in [2.05, 4.69) is 19.2 Å². The molecule has 3 heterocycles. The fraction of sp³-hybridized carbons (Fsp3) is 0.471. The average molecular weight is 358 g/mol. The SMILES string of the molecule is CN(C)c1nc(CN2CCC(n3c(=O)[nH]c4ccccc43)CC2)ns1. The molecule has 0 atom stereocenters. The third-order valence-corrected chi connectivity index (χ3v) is 5.67. The van der Waals surface area contributed by atoms with E-state index in [1.165, 1.54) is 11.5 Å². The number of benzene rings is 1. The van der Waals surface area contributed by atoms with Crippen LogP contribution in [0.15, 0.2) is 29.1 Å². The number of para-hydroxylation sites is 2. The molecule has 7 nitrogen and oxygen atoms in total. The first-order valence-corrected chi connectivity index (χ1v) is 9.30. The first-order chi connectivity index (χ1) is 12.1. The summed E-state index contributed by atoms with van der Waals surface area (Å²) < 4.78 is 6.37. The fourth-order valence-electron chi connectivity index (χ4n) is 3.46. The number of likely N-dealkylation sites (tertiary alicyclic amines) is 1. The number of piperidine rings is 1. The van der Waals surface area contributed by atoms with Gasteiger partial charge in [-0.05, 0) is 25.0 Å². The van der Waals surface area contributed by atoms with Crippen LogP contribution in [0.1, 0.15) is 24.7 Å². The monoisotopic (exact) mass is 358 g/mol. The lowest BCUT2D eigenvalue weighted by Gasteiger charge is -2.31. The lowest BCUT2D eigenvalue weighted by atomic mass is 10.0. The summed E-state index contributed by atoms with van der Waals surface area (Å²) in [6, 6.07) is 8.16. The molecule has 132 valence electrons. The zero-order chi connectivity index (χ0) is 17.4. The van der Waals surface area contributed by atoms with Crippen LogP contribution in [0.5, 0.6) is 0 Å². The molecule has 1 fully saturated rings. The highest BCUT2D eigenvalue weighted by molar-refractivity contribution is 7.09. The number of aromatic amines is 1. The Hall–Kier alpha value is -2.19. The van der Waals surface area contributed by atoms with E-state index in [-0.39, 0.29) is 11.7 Å². The Morgan fingerprint density at radius 3 is 2.76 bits per heavy atom. The van der Waals surface area contributed by atoms with E-state index in [1.54, 1.807) is 0 Å². The number of aromatic nitrogens is 4. The lowest BCUT2D eigenvalue weighted by Crippen LogP contribution is -2.36. The molecule has 0 radical (unpaired) electrons. The van der Waals surface area contributed by atoms with E-state index >= 15 is 0 Å². The molecule has 0 unspecified atom stereocenters. The van der Waals surface area contributed by atoms with Crippen molar-refractivity contribution in [1.82, 2.24) is 23.8 Å². The van der Waals surface area contributed by atoms with Gasteiger partial charge in [-0.3, -0.25) is 9.47 Å². The summed E-state index contributed by atoms with van der Waals surface area (Å²) in [6.07, 6.45) is 1.93. The Morgan fingerprint density at radius 1 is 1.28 bits per heavy atom. The lowest BCUT2D eigenvalue weighted by molar-refractivity contribution is 0.177. The van der Waals surface area contributed by atoms with Crippen molar-refractivity contribution < 1.29 is 0 Å². The van der Waals surface area contributed by atoms with Crippen LogP contribution in [0.2, 0.25) is 0 Å². The molecule has 8 heteroatoms. The predicted molar refractivity (Wildman–Crippen MR) is 100 cm³/mol. The minimum absolute atomic E-state index is 0.00329. The van der Waals surface area contributed by atoms with Gasteiger partial charge in [-0.25, -0.2) is 9.78 Å². The van der Waals surface area contributed by atoms with Crippen molar-refractivity contribution in [3.05, 3.63) is 40.6 Å². The van der Waals surface area contributed by atoms with E-state index in [4.69, 9.17) is 0 Å². The van der Waals surface area contributed by atoms with Crippen molar-refractivity contribution in [2.24, 2.45) is 0 Å². The van der Waals surface area contributed by atoms with Crippen molar-refractivity contribution in [2.75, 3.05) is 32.1 Å². The van der Waals surface area contributed by atoms with E-state index in [0.717, 1.165) is 54.5 Å². The van der Waals surface area contributed by atoms with Crippen molar-refractivity contribution in [1.29, 1.82) is 0 Å². The second kappa shape index (κ2) is 6.61. The van der Waals surface area contributed by atoms with E-state index in [0.29, 0.717) is 0 Å². The smallest absolute Gasteiger partial charge is 0.326 e. The molecule has 0 bridgehead atoms. The van der Waals surface area contributed by atoms with Crippen LogP contribution in [-0.4, -0.2) is 51.0 Å². The highest BCUT2D eigenvalue weighted by atomic mass is 32.1. The van der Waals surface area contributed by atoms with Gasteiger partial charge in [-0.15, -0.1) is 0 Å². The Morgan fingerprint density at radius 2 is 2.04 bits per heavy atom. The number of hydrogen-bond donors (Lipinski definition) is 1. The van der Waals surface area contributed by atoms with Gasteiger partial charge in [-0.2, -0.15) is 4.37 Å². The second-order valence-electron chi connectivity index (χ2n) is 6.71. The van der Waals surface area contributed by atoms with Gasteiger partial charge < -0.3 is 9.88 Å². The van der Waals surface area contributed by atoms with Crippen molar-refractivity contribution in [3.8, 4) is 0 Å². The van der Waals surface area contributed by atoms with Gasteiger partial charge in [0.25, 0.3) is 0 Å². The van der Waals surface area contributed by atoms with Crippen molar-refractivity contribution >= 4 is 27.7 Å². The van der Waals surface area contributed by atoms with Crippen molar-refractivity contribution in [3.63, 3.8) is 0 Å². The van der Waals surface area contributed by atoms with Crippen LogP contribution in [-0.2, 0) is 6.54 Å². The predicted octanol–water partition coefficient (Wildman–Crippen LogP) is 2.08. The topological polar surface area (TPSA) is 70.1 Å². The van der Waals surface area contributed by atoms with Gasteiger partial charge in [0.05, 0.1) is 17.6 Å². The molecule has 1 aliphatic heterocycles. The molecule has 1 N–H and O–H groups in total. The maximum atomic E-state index is 12.3.